The van der Waals surface area contributed by atoms with Crippen molar-refractivity contribution in [2.75, 3.05) is 39.6 Å². The maximum atomic E-state index is 5.31. The number of nitrogens with one attached hydrogen (secondary N) is 1. The predicted octanol–water partition coefficient (Wildman–Crippen LogP) is 3.76. The number of hydrogen-bond acceptors (Lipinski definition) is 4. The van der Waals surface area contributed by atoms with Crippen molar-refractivity contribution < 1.29 is 4.74 Å². The van der Waals surface area contributed by atoms with Crippen LogP contribution in [-0.4, -0.2) is 44.2 Å². The number of benzene rings is 2. The first-order valence-corrected chi connectivity index (χ1v) is 7.93. The Hall–Kier alpha value is -2.33. The van der Waals surface area contributed by atoms with Crippen molar-refractivity contribution >= 4 is 27.5 Å². The summed E-state index contributed by atoms with van der Waals surface area (Å²) >= 11 is 0. The summed E-state index contributed by atoms with van der Waals surface area (Å²) < 4.78 is 5.31. The van der Waals surface area contributed by atoms with Crippen molar-refractivity contribution in [2.45, 2.75) is 6.42 Å². The van der Waals surface area contributed by atoms with Gasteiger partial charge < -0.3 is 15.0 Å². The molecule has 0 aliphatic heterocycles. The van der Waals surface area contributed by atoms with Crippen LogP contribution in [0.5, 0.6) is 5.75 Å². The van der Waals surface area contributed by atoms with Gasteiger partial charge in [0.1, 0.15) is 11.6 Å². The van der Waals surface area contributed by atoms with E-state index in [4.69, 9.17) is 9.72 Å². The van der Waals surface area contributed by atoms with Crippen LogP contribution >= 0.6 is 0 Å². The lowest BCUT2D eigenvalue weighted by molar-refractivity contribution is 0.405. The Morgan fingerprint density at radius 1 is 1.04 bits per heavy atom. The van der Waals surface area contributed by atoms with E-state index >= 15 is 0 Å². The third-order valence-electron chi connectivity index (χ3n) is 3.97. The molecular weight excluding hydrogens is 286 g/mol. The van der Waals surface area contributed by atoms with Gasteiger partial charge in [-0.2, -0.15) is 0 Å². The van der Waals surface area contributed by atoms with Crippen molar-refractivity contribution in [3.8, 4) is 5.75 Å². The summed E-state index contributed by atoms with van der Waals surface area (Å²) in [4.78, 5) is 7.00. The molecule has 0 amide bonds. The van der Waals surface area contributed by atoms with Gasteiger partial charge in [-0.25, -0.2) is 4.98 Å². The molecule has 0 saturated carbocycles. The van der Waals surface area contributed by atoms with Gasteiger partial charge in [-0.3, -0.25) is 0 Å². The van der Waals surface area contributed by atoms with Crippen LogP contribution in [-0.2, 0) is 0 Å². The highest BCUT2D eigenvalue weighted by atomic mass is 16.5. The number of methoxy groups -OCH3 is 1. The molecule has 0 atom stereocenters. The number of fused-ring (bicyclic) bond motifs is 3. The Bertz CT molecular complexity index is 814. The number of aromatic nitrogens is 1. The van der Waals surface area contributed by atoms with Gasteiger partial charge in [-0.15, -0.1) is 0 Å². The minimum absolute atomic E-state index is 0.870. The number of nitrogens with zero attached hydrogens (tertiary/aromatic N) is 2. The van der Waals surface area contributed by atoms with E-state index in [1.165, 1.54) is 0 Å². The smallest absolute Gasteiger partial charge is 0.126 e. The van der Waals surface area contributed by atoms with E-state index in [2.05, 4.69) is 48.6 Å². The number of ether oxygens (including phenoxy) is 1. The summed E-state index contributed by atoms with van der Waals surface area (Å²) in [5.74, 6) is 1.80. The lowest BCUT2D eigenvalue weighted by Crippen LogP contribution is -2.16. The van der Waals surface area contributed by atoms with E-state index in [1.54, 1.807) is 7.11 Å². The second kappa shape index (κ2) is 6.84. The molecule has 1 aromatic heterocycles. The largest absolute Gasteiger partial charge is 0.497 e. The van der Waals surface area contributed by atoms with Crippen molar-refractivity contribution in [3.63, 3.8) is 0 Å². The quantitative estimate of drug-likeness (QED) is 0.556. The number of pyridine rings is 1. The minimum Gasteiger partial charge on any atom is -0.497 e. The van der Waals surface area contributed by atoms with E-state index in [-0.39, 0.29) is 0 Å². The zero-order chi connectivity index (χ0) is 16.2. The van der Waals surface area contributed by atoms with Gasteiger partial charge in [0.15, 0.2) is 0 Å². The topological polar surface area (TPSA) is 37.4 Å². The van der Waals surface area contributed by atoms with Gasteiger partial charge in [-0.1, -0.05) is 12.1 Å². The van der Waals surface area contributed by atoms with Gasteiger partial charge in [0, 0.05) is 17.3 Å². The summed E-state index contributed by atoms with van der Waals surface area (Å²) in [6.45, 7) is 2.00. The molecule has 120 valence electrons. The fourth-order valence-electron chi connectivity index (χ4n) is 2.73. The summed E-state index contributed by atoms with van der Waals surface area (Å²) in [6.07, 6.45) is 1.10. The Kier molecular flexibility index (Phi) is 4.63. The SMILES string of the molecule is COc1ccc2c(ccc3ccc(NCCCN(C)C)nc32)c1. The molecule has 1 N–H and O–H groups in total. The van der Waals surface area contributed by atoms with Crippen LogP contribution in [0.4, 0.5) is 5.82 Å². The van der Waals surface area contributed by atoms with Gasteiger partial charge in [-0.05, 0) is 62.8 Å². The fourth-order valence-corrected chi connectivity index (χ4v) is 2.73. The highest BCUT2D eigenvalue weighted by molar-refractivity contribution is 6.05. The molecule has 0 aliphatic carbocycles. The molecule has 0 fully saturated rings. The van der Waals surface area contributed by atoms with Gasteiger partial charge in [0.2, 0.25) is 0 Å². The van der Waals surface area contributed by atoms with Crippen LogP contribution < -0.4 is 10.1 Å². The summed E-state index contributed by atoms with van der Waals surface area (Å²) in [5, 5.41) is 6.87. The lowest BCUT2D eigenvalue weighted by atomic mass is 10.1. The van der Waals surface area contributed by atoms with Crippen LogP contribution in [0, 0.1) is 0 Å². The van der Waals surface area contributed by atoms with E-state index in [0.717, 1.165) is 52.8 Å². The first kappa shape index (κ1) is 15.6. The molecule has 0 bridgehead atoms. The van der Waals surface area contributed by atoms with Gasteiger partial charge in [0.25, 0.3) is 0 Å². The third kappa shape index (κ3) is 3.54. The monoisotopic (exact) mass is 309 g/mol. The number of anilines is 1. The molecule has 0 saturated heterocycles. The Morgan fingerprint density at radius 2 is 1.83 bits per heavy atom. The number of hydrogen-bond donors (Lipinski definition) is 1. The average Bonchev–Trinajstić information content (AvgIpc) is 2.57. The predicted molar refractivity (Wildman–Crippen MR) is 97.5 cm³/mol. The number of rotatable bonds is 6. The molecule has 3 rings (SSSR count). The maximum absolute atomic E-state index is 5.31. The first-order chi connectivity index (χ1) is 11.2. The highest BCUT2D eigenvalue weighted by Crippen LogP contribution is 2.28. The molecule has 0 unspecified atom stereocenters. The first-order valence-electron chi connectivity index (χ1n) is 7.93. The van der Waals surface area contributed by atoms with Crippen LogP contribution in [0.3, 0.4) is 0 Å². The summed E-state index contributed by atoms with van der Waals surface area (Å²) in [7, 11) is 5.87. The van der Waals surface area contributed by atoms with Gasteiger partial charge in [0.05, 0.1) is 12.6 Å². The van der Waals surface area contributed by atoms with Crippen LogP contribution in [0.2, 0.25) is 0 Å². The standard InChI is InChI=1S/C19H23N3O/c1-22(2)12-4-11-20-18-10-7-14-5-6-15-13-16(23-3)8-9-17(15)19(14)21-18/h5-10,13H,4,11-12H2,1-3H3,(H,20,21). The van der Waals surface area contributed by atoms with Crippen LogP contribution in [0.1, 0.15) is 6.42 Å². The molecule has 2 aromatic carbocycles. The second-order valence-corrected chi connectivity index (χ2v) is 6.00. The van der Waals surface area contributed by atoms with E-state index < -0.39 is 0 Å². The molecule has 0 spiro atoms. The molecule has 1 heterocycles. The Labute approximate surface area is 137 Å². The van der Waals surface area contributed by atoms with E-state index in [0.29, 0.717) is 0 Å². The molecule has 23 heavy (non-hydrogen) atoms. The second-order valence-electron chi connectivity index (χ2n) is 6.00. The van der Waals surface area contributed by atoms with E-state index in [9.17, 15) is 0 Å². The van der Waals surface area contributed by atoms with Crippen LogP contribution in [0.25, 0.3) is 21.7 Å². The molecule has 3 aromatic rings. The summed E-state index contributed by atoms with van der Waals surface area (Å²) in [6, 6.07) is 14.5. The Balaban J connectivity index is 1.89. The molecule has 0 radical (unpaired) electrons. The summed E-state index contributed by atoms with van der Waals surface area (Å²) in [5.41, 5.74) is 1.03. The molecular formula is C19H23N3O. The third-order valence-corrected chi connectivity index (χ3v) is 3.97. The van der Waals surface area contributed by atoms with Crippen molar-refractivity contribution in [1.29, 1.82) is 0 Å². The van der Waals surface area contributed by atoms with E-state index in [1.807, 2.05) is 18.2 Å². The minimum atomic E-state index is 0.870. The molecule has 4 heteroatoms. The van der Waals surface area contributed by atoms with Crippen molar-refractivity contribution in [2.24, 2.45) is 0 Å². The zero-order valence-corrected chi connectivity index (χ0v) is 14.0. The van der Waals surface area contributed by atoms with Crippen molar-refractivity contribution in [1.82, 2.24) is 9.88 Å². The maximum Gasteiger partial charge on any atom is 0.126 e. The fraction of sp³-hybridized carbons (Fsp3) is 0.316. The van der Waals surface area contributed by atoms with Crippen molar-refractivity contribution in [3.05, 3.63) is 42.5 Å². The normalized spacial score (nSPS) is 11.3. The highest BCUT2D eigenvalue weighted by Gasteiger charge is 2.05. The molecule has 0 aliphatic rings. The van der Waals surface area contributed by atoms with Crippen LogP contribution in [0.15, 0.2) is 42.5 Å². The lowest BCUT2D eigenvalue weighted by Gasteiger charge is -2.11. The van der Waals surface area contributed by atoms with Gasteiger partial charge >= 0.3 is 0 Å². The zero-order valence-electron chi connectivity index (χ0n) is 14.0. The Morgan fingerprint density at radius 3 is 2.61 bits per heavy atom. The molecule has 4 nitrogen and oxygen atoms in total. The average molecular weight is 309 g/mol.